The molecule has 0 atom stereocenters. The molecule has 0 aliphatic carbocycles. The Kier molecular flexibility index (Phi) is 4.85. The molecule has 1 N–H and O–H groups in total. The van der Waals surface area contributed by atoms with E-state index in [1.165, 1.54) is 34.5 Å². The molecule has 140 valence electrons. The number of rotatable bonds is 5. The molecule has 4 rings (SSSR count). The summed E-state index contributed by atoms with van der Waals surface area (Å²) in [6.45, 7) is 0. The molecule has 0 bridgehead atoms. The van der Waals surface area contributed by atoms with Gasteiger partial charge in [-0.05, 0) is 40.3 Å². The number of nitrogens with one attached hydrogen (secondary N) is 1. The fourth-order valence-electron chi connectivity index (χ4n) is 2.54. The number of hydrogen-bond donors (Lipinski definition) is 1. The van der Waals surface area contributed by atoms with Crippen LogP contribution in [0.15, 0.2) is 55.0 Å². The smallest absolute Gasteiger partial charge is 0.257 e. The highest BCUT2D eigenvalue weighted by molar-refractivity contribution is 7.15. The molecular weight excluding hydrogens is 386 g/mol. The van der Waals surface area contributed by atoms with Gasteiger partial charge >= 0.3 is 0 Å². The van der Waals surface area contributed by atoms with E-state index in [1.807, 2.05) is 0 Å². The first-order chi connectivity index (χ1) is 13.6. The standard InChI is InChI=1S/C18H12F2N6OS/c19-13-5-4-11(16(20)8-13)7-15-9-21-18(28-15)23-17(27)12-2-1-3-14(6-12)26-10-22-24-25-26/h1-6,8-10H,7H2,(H,21,23,27). The second-order valence-electron chi connectivity index (χ2n) is 5.80. The van der Waals surface area contributed by atoms with Gasteiger partial charge in [-0.2, -0.15) is 0 Å². The van der Waals surface area contributed by atoms with Crippen LogP contribution in [0.3, 0.4) is 0 Å². The Morgan fingerprint density at radius 1 is 1.18 bits per heavy atom. The Morgan fingerprint density at radius 2 is 2.07 bits per heavy atom. The molecule has 2 aromatic heterocycles. The van der Waals surface area contributed by atoms with E-state index in [0.29, 0.717) is 21.9 Å². The van der Waals surface area contributed by atoms with Gasteiger partial charge in [0.15, 0.2) is 5.13 Å². The van der Waals surface area contributed by atoms with Crippen molar-refractivity contribution in [2.45, 2.75) is 6.42 Å². The lowest BCUT2D eigenvalue weighted by Crippen LogP contribution is -2.12. The number of carbonyl (C=O) groups excluding carboxylic acids is 1. The second-order valence-corrected chi connectivity index (χ2v) is 6.92. The predicted octanol–water partition coefficient (Wildman–Crippen LogP) is 3.24. The van der Waals surface area contributed by atoms with E-state index in [9.17, 15) is 13.6 Å². The molecule has 0 radical (unpaired) electrons. The molecule has 0 aliphatic heterocycles. The van der Waals surface area contributed by atoms with Crippen molar-refractivity contribution >= 4 is 22.4 Å². The molecule has 0 spiro atoms. The molecule has 0 saturated heterocycles. The molecule has 0 unspecified atom stereocenters. The topological polar surface area (TPSA) is 85.6 Å². The molecule has 10 heteroatoms. The van der Waals surface area contributed by atoms with Gasteiger partial charge in [0.25, 0.3) is 5.91 Å². The Hall–Kier alpha value is -3.53. The van der Waals surface area contributed by atoms with Crippen LogP contribution in [0.1, 0.15) is 20.8 Å². The first-order valence-corrected chi connectivity index (χ1v) is 8.93. The fourth-order valence-corrected chi connectivity index (χ4v) is 3.37. The van der Waals surface area contributed by atoms with Gasteiger partial charge in [-0.15, -0.1) is 16.4 Å². The summed E-state index contributed by atoms with van der Waals surface area (Å²) in [7, 11) is 0. The van der Waals surface area contributed by atoms with Gasteiger partial charge in [0.1, 0.15) is 18.0 Å². The van der Waals surface area contributed by atoms with E-state index in [4.69, 9.17) is 0 Å². The van der Waals surface area contributed by atoms with Crippen LogP contribution in [0.5, 0.6) is 0 Å². The van der Waals surface area contributed by atoms with Crippen molar-refractivity contribution in [1.29, 1.82) is 0 Å². The SMILES string of the molecule is O=C(Nc1ncc(Cc2ccc(F)cc2F)s1)c1cccc(-n2cnnn2)c1. The number of amides is 1. The van der Waals surface area contributed by atoms with Gasteiger partial charge in [-0.25, -0.2) is 18.4 Å². The Morgan fingerprint density at radius 3 is 2.86 bits per heavy atom. The van der Waals surface area contributed by atoms with Gasteiger partial charge < -0.3 is 0 Å². The van der Waals surface area contributed by atoms with Gasteiger partial charge in [0.2, 0.25) is 0 Å². The molecular formula is C18H12F2N6OS. The van der Waals surface area contributed by atoms with E-state index in [2.05, 4.69) is 25.8 Å². The van der Waals surface area contributed by atoms with Crippen molar-refractivity contribution in [3.8, 4) is 5.69 Å². The number of hydrogen-bond acceptors (Lipinski definition) is 6. The van der Waals surface area contributed by atoms with Gasteiger partial charge in [-0.3, -0.25) is 10.1 Å². The molecule has 1 amide bonds. The average molecular weight is 398 g/mol. The van der Waals surface area contributed by atoms with Crippen molar-refractivity contribution < 1.29 is 13.6 Å². The molecule has 7 nitrogen and oxygen atoms in total. The summed E-state index contributed by atoms with van der Waals surface area (Å²) in [5, 5.41) is 14.0. The van der Waals surface area contributed by atoms with Crippen LogP contribution in [0, 0.1) is 11.6 Å². The minimum atomic E-state index is -0.623. The van der Waals surface area contributed by atoms with E-state index < -0.39 is 11.6 Å². The summed E-state index contributed by atoms with van der Waals surface area (Å²) in [4.78, 5) is 17.4. The highest BCUT2D eigenvalue weighted by atomic mass is 32.1. The molecule has 0 saturated carbocycles. The van der Waals surface area contributed by atoms with E-state index in [-0.39, 0.29) is 12.3 Å². The number of aromatic nitrogens is 5. The number of carbonyl (C=O) groups is 1. The lowest BCUT2D eigenvalue weighted by molar-refractivity contribution is 0.102. The molecule has 28 heavy (non-hydrogen) atoms. The summed E-state index contributed by atoms with van der Waals surface area (Å²) in [6, 6.07) is 10.2. The predicted molar refractivity (Wildman–Crippen MR) is 98.4 cm³/mol. The van der Waals surface area contributed by atoms with Gasteiger partial charge in [-0.1, -0.05) is 12.1 Å². The monoisotopic (exact) mass is 398 g/mol. The number of nitrogens with zero attached hydrogens (tertiary/aromatic N) is 5. The number of benzene rings is 2. The van der Waals surface area contributed by atoms with E-state index in [1.54, 1.807) is 30.5 Å². The summed E-state index contributed by atoms with van der Waals surface area (Å²) >= 11 is 1.22. The van der Waals surface area contributed by atoms with Crippen LogP contribution in [0.25, 0.3) is 5.69 Å². The van der Waals surface area contributed by atoms with E-state index in [0.717, 1.165) is 10.9 Å². The number of thiazole rings is 1. The summed E-state index contributed by atoms with van der Waals surface area (Å²) in [5.41, 5.74) is 1.41. The Bertz CT molecular complexity index is 1130. The van der Waals surface area contributed by atoms with Crippen molar-refractivity contribution in [3.63, 3.8) is 0 Å². The van der Waals surface area contributed by atoms with Crippen LogP contribution in [-0.2, 0) is 6.42 Å². The maximum absolute atomic E-state index is 13.8. The van der Waals surface area contributed by atoms with Gasteiger partial charge in [0.05, 0.1) is 5.69 Å². The Labute approximate surface area is 161 Å². The zero-order chi connectivity index (χ0) is 19.5. The summed E-state index contributed by atoms with van der Waals surface area (Å²) < 4.78 is 28.2. The maximum atomic E-state index is 13.8. The molecule has 2 aromatic carbocycles. The van der Waals surface area contributed by atoms with Crippen molar-refractivity contribution in [3.05, 3.63) is 82.6 Å². The van der Waals surface area contributed by atoms with Crippen molar-refractivity contribution in [2.75, 3.05) is 5.32 Å². The molecule has 4 aromatic rings. The first-order valence-electron chi connectivity index (χ1n) is 8.12. The minimum absolute atomic E-state index is 0.258. The molecule has 2 heterocycles. The number of halogens is 2. The van der Waals surface area contributed by atoms with Crippen LogP contribution in [0.2, 0.25) is 0 Å². The largest absolute Gasteiger partial charge is 0.298 e. The normalized spacial score (nSPS) is 10.8. The third kappa shape index (κ3) is 3.91. The highest BCUT2D eigenvalue weighted by Crippen LogP contribution is 2.23. The summed E-state index contributed by atoms with van der Waals surface area (Å²) in [6.07, 6.45) is 3.24. The molecule has 0 aliphatic rings. The third-order valence-corrected chi connectivity index (χ3v) is 4.79. The number of anilines is 1. The third-order valence-electron chi connectivity index (χ3n) is 3.88. The average Bonchev–Trinajstić information content (AvgIpc) is 3.36. The minimum Gasteiger partial charge on any atom is -0.298 e. The second kappa shape index (κ2) is 7.61. The zero-order valence-corrected chi connectivity index (χ0v) is 15.0. The van der Waals surface area contributed by atoms with Crippen LogP contribution < -0.4 is 5.32 Å². The lowest BCUT2D eigenvalue weighted by Gasteiger charge is -2.04. The highest BCUT2D eigenvalue weighted by Gasteiger charge is 2.12. The zero-order valence-electron chi connectivity index (χ0n) is 14.2. The van der Waals surface area contributed by atoms with Crippen LogP contribution >= 0.6 is 11.3 Å². The van der Waals surface area contributed by atoms with Gasteiger partial charge in [0, 0.05) is 29.1 Å². The maximum Gasteiger partial charge on any atom is 0.257 e. The first kappa shape index (κ1) is 17.9. The van der Waals surface area contributed by atoms with Crippen LogP contribution in [-0.4, -0.2) is 31.1 Å². The quantitative estimate of drug-likeness (QED) is 0.558. The lowest BCUT2D eigenvalue weighted by atomic mass is 10.1. The number of tetrazole rings is 1. The van der Waals surface area contributed by atoms with Crippen molar-refractivity contribution in [2.24, 2.45) is 0 Å². The van der Waals surface area contributed by atoms with Crippen molar-refractivity contribution in [1.82, 2.24) is 25.2 Å². The molecule has 0 fully saturated rings. The summed E-state index contributed by atoms with van der Waals surface area (Å²) in [5.74, 6) is -1.58. The van der Waals surface area contributed by atoms with E-state index >= 15 is 0 Å². The van der Waals surface area contributed by atoms with Crippen LogP contribution in [0.4, 0.5) is 13.9 Å². The Balaban J connectivity index is 1.46. The fraction of sp³-hybridized carbons (Fsp3) is 0.0556.